The third-order valence-corrected chi connectivity index (χ3v) is 1.80. The van der Waals surface area contributed by atoms with Crippen LogP contribution >= 0.6 is 9.39 Å². The third kappa shape index (κ3) is 5.46. The summed E-state index contributed by atoms with van der Waals surface area (Å²) in [7, 11) is 8.95. The van der Waals surface area contributed by atoms with Gasteiger partial charge < -0.3 is 14.5 Å². The van der Waals surface area contributed by atoms with Crippen LogP contribution < -0.4 is 0 Å². The summed E-state index contributed by atoms with van der Waals surface area (Å²) in [6.07, 6.45) is 3.39. The molecule has 1 unspecified atom stereocenters. The Labute approximate surface area is 97.9 Å². The summed E-state index contributed by atoms with van der Waals surface area (Å²) in [4.78, 5) is 29.0. The Bertz CT molecular complexity index is 313. The van der Waals surface area contributed by atoms with Crippen molar-refractivity contribution in [3.05, 3.63) is 11.9 Å². The van der Waals surface area contributed by atoms with Crippen LogP contribution in [0, 0.1) is 0 Å². The van der Waals surface area contributed by atoms with Crippen LogP contribution in [0.2, 0.25) is 0 Å². The van der Waals surface area contributed by atoms with Gasteiger partial charge in [0.05, 0.1) is 6.34 Å². The van der Waals surface area contributed by atoms with Gasteiger partial charge in [-0.2, -0.15) is 0 Å². The predicted octanol–water partition coefficient (Wildman–Crippen LogP) is -0.246. The molecule has 0 spiro atoms. The minimum absolute atomic E-state index is 0.260. The van der Waals surface area contributed by atoms with Gasteiger partial charge in [-0.1, -0.05) is 0 Å². The van der Waals surface area contributed by atoms with Crippen molar-refractivity contribution in [3.63, 3.8) is 0 Å². The van der Waals surface area contributed by atoms with Crippen molar-refractivity contribution in [2.24, 2.45) is 4.99 Å². The van der Waals surface area contributed by atoms with E-state index < -0.39 is 0 Å². The number of carbonyl (C=O) groups is 2. The van der Waals surface area contributed by atoms with Crippen molar-refractivity contribution < 1.29 is 9.59 Å². The molecule has 0 aromatic heterocycles. The molecule has 0 saturated heterocycles. The average Bonchev–Trinajstić information content (AvgIpc) is 2.22. The third-order valence-electron chi connectivity index (χ3n) is 1.54. The van der Waals surface area contributed by atoms with Crippen LogP contribution in [0.3, 0.4) is 0 Å². The molecule has 0 saturated carbocycles. The highest BCUT2D eigenvalue weighted by Crippen LogP contribution is 2.04. The Morgan fingerprint density at radius 1 is 1.25 bits per heavy atom. The van der Waals surface area contributed by atoms with E-state index in [0.29, 0.717) is 6.41 Å². The molecule has 6 nitrogen and oxygen atoms in total. The zero-order chi connectivity index (χ0) is 12.7. The summed E-state index contributed by atoms with van der Waals surface area (Å²) in [5, 5.41) is 0. The minimum atomic E-state index is -0.260. The van der Waals surface area contributed by atoms with Crippen molar-refractivity contribution in [2.45, 2.75) is 0 Å². The van der Waals surface area contributed by atoms with Gasteiger partial charge in [-0.25, -0.2) is 4.99 Å². The average molecular weight is 244 g/mol. The van der Waals surface area contributed by atoms with Gasteiger partial charge in [0.2, 0.25) is 6.41 Å². The molecule has 0 fully saturated rings. The summed E-state index contributed by atoms with van der Waals surface area (Å²) >= 11 is 0. The predicted molar refractivity (Wildman–Crippen MR) is 66.6 cm³/mol. The smallest absolute Gasteiger partial charge is 0.252 e. The Hall–Kier alpha value is -1.42. The molecule has 0 aliphatic heterocycles. The highest BCUT2D eigenvalue weighted by atomic mass is 31.0. The zero-order valence-electron chi connectivity index (χ0n) is 9.91. The molecule has 0 rings (SSSR count). The van der Waals surface area contributed by atoms with Gasteiger partial charge in [-0.05, 0) is 9.39 Å². The van der Waals surface area contributed by atoms with Gasteiger partial charge in [0.1, 0.15) is 5.82 Å². The van der Waals surface area contributed by atoms with Gasteiger partial charge in [0.15, 0.2) is 0 Å². The van der Waals surface area contributed by atoms with Gasteiger partial charge in [-0.15, -0.1) is 0 Å². The van der Waals surface area contributed by atoms with E-state index in [0.717, 1.165) is 0 Å². The van der Waals surface area contributed by atoms with Crippen LogP contribution in [0.4, 0.5) is 0 Å². The molecule has 0 aliphatic rings. The van der Waals surface area contributed by atoms with E-state index in [9.17, 15) is 9.59 Å². The fourth-order valence-electron chi connectivity index (χ4n) is 0.671. The minimum Gasteiger partial charge on any atom is -0.369 e. The molecule has 0 radical (unpaired) electrons. The Kier molecular flexibility index (Phi) is 6.34. The molecule has 0 aromatic carbocycles. The summed E-state index contributed by atoms with van der Waals surface area (Å²) in [6.45, 7) is 0. The second-order valence-corrected chi connectivity index (χ2v) is 4.15. The Morgan fingerprint density at radius 2 is 1.81 bits per heavy atom. The maximum Gasteiger partial charge on any atom is 0.252 e. The van der Waals surface area contributed by atoms with Crippen LogP contribution in [-0.2, 0) is 9.59 Å². The van der Waals surface area contributed by atoms with E-state index in [2.05, 4.69) is 14.4 Å². The molecule has 0 aliphatic carbocycles. The van der Waals surface area contributed by atoms with E-state index in [-0.39, 0.29) is 11.7 Å². The van der Waals surface area contributed by atoms with Crippen LogP contribution in [-0.4, -0.2) is 61.3 Å². The van der Waals surface area contributed by atoms with Gasteiger partial charge in [0.25, 0.3) is 5.91 Å². The number of hydrogen-bond donors (Lipinski definition) is 0. The zero-order valence-corrected chi connectivity index (χ0v) is 11.1. The highest BCUT2D eigenvalue weighted by Gasteiger charge is 2.06. The molecule has 0 bridgehead atoms. The van der Waals surface area contributed by atoms with Gasteiger partial charge in [-0.3, -0.25) is 9.59 Å². The van der Waals surface area contributed by atoms with Crippen molar-refractivity contribution in [1.29, 1.82) is 0 Å². The van der Waals surface area contributed by atoms with Gasteiger partial charge in [0, 0.05) is 34.3 Å². The van der Waals surface area contributed by atoms with Crippen molar-refractivity contribution in [3.8, 4) is 0 Å². The van der Waals surface area contributed by atoms with E-state index in [1.165, 1.54) is 29.0 Å². The lowest BCUT2D eigenvalue weighted by atomic mass is 10.5. The van der Waals surface area contributed by atoms with Crippen LogP contribution in [0.25, 0.3) is 0 Å². The fraction of sp³-hybridized carbons (Fsp3) is 0.444. The quantitative estimate of drug-likeness (QED) is 0.220. The molecule has 16 heavy (non-hydrogen) atoms. The second kappa shape index (κ2) is 6.95. The topological polar surface area (TPSA) is 56.2 Å². The van der Waals surface area contributed by atoms with Crippen molar-refractivity contribution in [2.75, 3.05) is 28.2 Å². The van der Waals surface area contributed by atoms with E-state index in [4.69, 9.17) is 0 Å². The highest BCUT2D eigenvalue weighted by molar-refractivity contribution is 7.14. The summed E-state index contributed by atoms with van der Waals surface area (Å²) in [5.74, 6) is 0.0209. The number of likely N-dealkylation sites (N-methyl/N-ethyl adjacent to an activating group) is 1. The van der Waals surface area contributed by atoms with Crippen LogP contribution in [0.5, 0.6) is 0 Å². The molecule has 0 heterocycles. The monoisotopic (exact) mass is 244 g/mol. The number of rotatable bonds is 5. The number of aliphatic imine (C=N–C) groups is 1. The van der Waals surface area contributed by atoms with Crippen molar-refractivity contribution >= 4 is 28.0 Å². The Morgan fingerprint density at radius 3 is 2.19 bits per heavy atom. The molecule has 0 aromatic rings. The maximum absolute atomic E-state index is 11.4. The summed E-state index contributed by atoms with van der Waals surface area (Å²) in [6, 6.07) is 0. The molecule has 90 valence electrons. The largest absolute Gasteiger partial charge is 0.369 e. The lowest BCUT2D eigenvalue weighted by Gasteiger charge is -2.13. The molecular weight excluding hydrogens is 227 g/mol. The fourth-order valence-corrected chi connectivity index (χ4v) is 0.746. The van der Waals surface area contributed by atoms with Crippen LogP contribution in [0.1, 0.15) is 0 Å². The Balaban J connectivity index is 4.94. The molecule has 2 amide bonds. The first-order valence-electron chi connectivity index (χ1n) is 4.51. The molecule has 1 atom stereocenters. The SMILES string of the molecule is CN(C)C=N/C(=C/C(=O)N(C)P)N(C)C=O. The first-order chi connectivity index (χ1) is 7.38. The van der Waals surface area contributed by atoms with E-state index >= 15 is 0 Å². The van der Waals surface area contributed by atoms with E-state index in [1.54, 1.807) is 26.0 Å². The first kappa shape index (κ1) is 14.6. The molecule has 7 heteroatoms. The number of hydrogen-bond acceptors (Lipinski definition) is 3. The van der Waals surface area contributed by atoms with Gasteiger partial charge >= 0.3 is 0 Å². The summed E-state index contributed by atoms with van der Waals surface area (Å²) in [5.41, 5.74) is 0. The lowest BCUT2D eigenvalue weighted by Crippen LogP contribution is -2.20. The molecule has 0 N–H and O–H groups in total. The standard InChI is InChI=1S/C9H17N4O2P/c1-11(2)6-10-8(12(3)7-14)5-9(15)13(4)16/h5-7H,16H2,1-4H3/b8-5-,10-6?. The normalized spacial score (nSPS) is 11.4. The van der Waals surface area contributed by atoms with Crippen molar-refractivity contribution in [1.82, 2.24) is 14.5 Å². The molecular formula is C9H17N4O2P. The number of nitrogens with zero attached hydrogens (tertiary/aromatic N) is 4. The number of carbonyl (C=O) groups excluding carboxylic acids is 2. The second-order valence-electron chi connectivity index (χ2n) is 3.38. The summed E-state index contributed by atoms with van der Waals surface area (Å²) < 4.78 is 1.32. The maximum atomic E-state index is 11.4. The van der Waals surface area contributed by atoms with E-state index in [1.807, 2.05) is 0 Å². The first-order valence-corrected chi connectivity index (χ1v) is 5.03. The van der Waals surface area contributed by atoms with Crippen LogP contribution in [0.15, 0.2) is 16.9 Å². The lowest BCUT2D eigenvalue weighted by molar-refractivity contribution is -0.120. The number of amides is 2.